The van der Waals surface area contributed by atoms with Crippen molar-refractivity contribution in [3.05, 3.63) is 43.0 Å². The van der Waals surface area contributed by atoms with Gasteiger partial charge in [0.15, 0.2) is 5.96 Å². The highest BCUT2D eigenvalue weighted by Gasteiger charge is 2.43. The van der Waals surface area contributed by atoms with Crippen LogP contribution in [0.5, 0.6) is 0 Å². The second kappa shape index (κ2) is 8.89. The van der Waals surface area contributed by atoms with Crippen molar-refractivity contribution in [1.29, 1.82) is 0 Å². The number of guanidine groups is 1. The molecule has 0 atom stereocenters. The zero-order valence-electron chi connectivity index (χ0n) is 14.7. The summed E-state index contributed by atoms with van der Waals surface area (Å²) in [4.78, 5) is 5.68. The molecular weight excluding hydrogens is 332 g/mol. The number of aromatic nitrogens is 3. The molecule has 0 amide bonds. The van der Waals surface area contributed by atoms with Crippen molar-refractivity contribution in [3.63, 3.8) is 0 Å². The number of unbranched alkanes of at least 4 members (excludes halogenated alkanes) is 1. The van der Waals surface area contributed by atoms with Crippen LogP contribution in [0.1, 0.15) is 25.7 Å². The Kier molecular flexibility index (Phi) is 6.33. The highest BCUT2D eigenvalue weighted by atomic mass is 32.2. The van der Waals surface area contributed by atoms with Gasteiger partial charge in [-0.1, -0.05) is 18.2 Å². The topological polar surface area (TPSA) is 67.1 Å². The number of aryl methyl sites for hydroxylation is 1. The summed E-state index contributed by atoms with van der Waals surface area (Å²) in [6.07, 6.45) is 8.21. The van der Waals surface area contributed by atoms with E-state index < -0.39 is 0 Å². The van der Waals surface area contributed by atoms with Crippen LogP contribution in [0.2, 0.25) is 0 Å². The lowest BCUT2D eigenvalue weighted by Crippen LogP contribution is -2.41. The van der Waals surface area contributed by atoms with E-state index in [-0.39, 0.29) is 0 Å². The van der Waals surface area contributed by atoms with Crippen LogP contribution in [0.15, 0.2) is 52.9 Å². The SMILES string of the molecule is CN=C(NCCCCn1cnnc1)NCC1(Sc2ccccc2)CC1. The molecule has 0 bridgehead atoms. The van der Waals surface area contributed by atoms with Crippen molar-refractivity contribution in [2.24, 2.45) is 4.99 Å². The van der Waals surface area contributed by atoms with E-state index >= 15 is 0 Å². The van der Waals surface area contributed by atoms with Crippen LogP contribution in [-0.2, 0) is 6.54 Å². The Morgan fingerprint density at radius 3 is 2.60 bits per heavy atom. The molecule has 2 aromatic rings. The first-order chi connectivity index (χ1) is 12.3. The van der Waals surface area contributed by atoms with Crippen LogP contribution in [0.25, 0.3) is 0 Å². The first-order valence-corrected chi connectivity index (χ1v) is 9.62. The summed E-state index contributed by atoms with van der Waals surface area (Å²) in [6, 6.07) is 10.6. The first-order valence-electron chi connectivity index (χ1n) is 8.81. The van der Waals surface area contributed by atoms with Crippen LogP contribution in [-0.4, -0.2) is 45.6 Å². The minimum atomic E-state index is 0.327. The second-order valence-electron chi connectivity index (χ2n) is 6.36. The Bertz CT molecular complexity index is 651. The van der Waals surface area contributed by atoms with Crippen molar-refractivity contribution in [2.75, 3.05) is 20.1 Å². The fraction of sp³-hybridized carbons (Fsp3) is 0.500. The van der Waals surface area contributed by atoms with E-state index in [1.807, 2.05) is 23.4 Å². The highest BCUT2D eigenvalue weighted by molar-refractivity contribution is 8.01. The number of hydrogen-bond donors (Lipinski definition) is 2. The zero-order valence-corrected chi connectivity index (χ0v) is 15.5. The van der Waals surface area contributed by atoms with E-state index in [2.05, 4.69) is 56.2 Å². The average Bonchev–Trinajstić information content (AvgIpc) is 3.19. The smallest absolute Gasteiger partial charge is 0.191 e. The minimum Gasteiger partial charge on any atom is -0.356 e. The van der Waals surface area contributed by atoms with Crippen molar-refractivity contribution in [1.82, 2.24) is 25.4 Å². The normalized spacial score (nSPS) is 15.8. The van der Waals surface area contributed by atoms with Crippen molar-refractivity contribution in [2.45, 2.75) is 41.9 Å². The molecule has 0 unspecified atom stereocenters. The summed E-state index contributed by atoms with van der Waals surface area (Å²) in [5.74, 6) is 0.893. The van der Waals surface area contributed by atoms with Gasteiger partial charge in [0, 0.05) is 36.3 Å². The molecule has 1 saturated carbocycles. The lowest BCUT2D eigenvalue weighted by molar-refractivity contribution is 0.597. The molecule has 6 nitrogen and oxygen atoms in total. The molecule has 0 radical (unpaired) electrons. The molecule has 1 aliphatic carbocycles. The van der Waals surface area contributed by atoms with Gasteiger partial charge in [-0.05, 0) is 37.8 Å². The third-order valence-corrected chi connectivity index (χ3v) is 5.78. The van der Waals surface area contributed by atoms with E-state index in [9.17, 15) is 0 Å². The molecule has 1 aromatic heterocycles. The minimum absolute atomic E-state index is 0.327. The molecule has 1 aromatic carbocycles. The van der Waals surface area contributed by atoms with E-state index in [0.717, 1.165) is 38.4 Å². The highest BCUT2D eigenvalue weighted by Crippen LogP contribution is 2.51. The number of aliphatic imine (C=N–C) groups is 1. The second-order valence-corrected chi connectivity index (χ2v) is 7.90. The fourth-order valence-electron chi connectivity index (χ4n) is 2.62. The summed E-state index contributed by atoms with van der Waals surface area (Å²) in [6.45, 7) is 2.82. The van der Waals surface area contributed by atoms with Gasteiger partial charge >= 0.3 is 0 Å². The number of rotatable bonds is 9. The maximum absolute atomic E-state index is 4.33. The monoisotopic (exact) mass is 358 g/mol. The van der Waals surface area contributed by atoms with Gasteiger partial charge in [0.2, 0.25) is 0 Å². The maximum atomic E-state index is 4.33. The molecule has 0 aliphatic heterocycles. The third-order valence-electron chi connectivity index (χ3n) is 4.29. The van der Waals surface area contributed by atoms with Crippen molar-refractivity contribution >= 4 is 17.7 Å². The predicted octanol–water partition coefficient (Wildman–Crippen LogP) is 2.55. The molecule has 134 valence electrons. The van der Waals surface area contributed by atoms with E-state index in [1.165, 1.54) is 17.7 Å². The molecule has 7 heteroatoms. The van der Waals surface area contributed by atoms with Crippen LogP contribution in [0, 0.1) is 0 Å². The largest absolute Gasteiger partial charge is 0.356 e. The van der Waals surface area contributed by atoms with Gasteiger partial charge < -0.3 is 15.2 Å². The maximum Gasteiger partial charge on any atom is 0.191 e. The molecule has 1 aliphatic rings. The van der Waals surface area contributed by atoms with Crippen LogP contribution < -0.4 is 10.6 Å². The quantitative estimate of drug-likeness (QED) is 0.410. The van der Waals surface area contributed by atoms with Gasteiger partial charge in [0.05, 0.1) is 0 Å². The Balaban J connectivity index is 1.33. The predicted molar refractivity (Wildman–Crippen MR) is 103 cm³/mol. The van der Waals surface area contributed by atoms with E-state index in [0.29, 0.717) is 4.75 Å². The van der Waals surface area contributed by atoms with Crippen LogP contribution >= 0.6 is 11.8 Å². The molecule has 2 N–H and O–H groups in total. The fourth-order valence-corrected chi connectivity index (χ4v) is 3.87. The number of nitrogens with zero attached hydrogens (tertiary/aromatic N) is 4. The van der Waals surface area contributed by atoms with E-state index in [1.54, 1.807) is 12.7 Å². The summed E-state index contributed by atoms with van der Waals surface area (Å²) in [7, 11) is 1.83. The molecule has 1 fully saturated rings. The van der Waals surface area contributed by atoms with Gasteiger partial charge in [0.1, 0.15) is 12.7 Å². The molecule has 3 rings (SSSR count). The standard InChI is InChI=1S/C18H26N6S/c1-19-17(20-11-5-6-12-24-14-22-23-15-24)21-13-18(9-10-18)25-16-7-3-2-4-8-16/h2-4,7-8,14-15H,5-6,9-13H2,1H3,(H2,19,20,21). The van der Waals surface area contributed by atoms with Gasteiger partial charge in [-0.3, -0.25) is 4.99 Å². The number of thioether (sulfide) groups is 1. The molecule has 0 spiro atoms. The summed E-state index contributed by atoms with van der Waals surface area (Å²) >= 11 is 1.98. The van der Waals surface area contributed by atoms with Crippen molar-refractivity contribution in [3.8, 4) is 0 Å². The van der Waals surface area contributed by atoms with Crippen molar-refractivity contribution < 1.29 is 0 Å². The van der Waals surface area contributed by atoms with Gasteiger partial charge in [-0.25, -0.2) is 0 Å². The lowest BCUT2D eigenvalue weighted by Gasteiger charge is -2.18. The van der Waals surface area contributed by atoms with Gasteiger partial charge in [-0.2, -0.15) is 0 Å². The molecule has 1 heterocycles. The Hall–Kier alpha value is -2.02. The lowest BCUT2D eigenvalue weighted by atomic mass is 10.3. The summed E-state index contributed by atoms with van der Waals surface area (Å²) in [5, 5.41) is 14.5. The number of nitrogens with one attached hydrogen (secondary N) is 2. The average molecular weight is 359 g/mol. The van der Waals surface area contributed by atoms with Gasteiger partial charge in [0.25, 0.3) is 0 Å². The summed E-state index contributed by atoms with van der Waals surface area (Å²) in [5.41, 5.74) is 0. The van der Waals surface area contributed by atoms with Crippen LogP contribution in [0.4, 0.5) is 0 Å². The Morgan fingerprint density at radius 2 is 1.92 bits per heavy atom. The number of benzene rings is 1. The summed E-state index contributed by atoms with van der Waals surface area (Å²) < 4.78 is 2.33. The van der Waals surface area contributed by atoms with E-state index in [4.69, 9.17) is 0 Å². The molecule has 25 heavy (non-hydrogen) atoms. The Morgan fingerprint density at radius 1 is 1.16 bits per heavy atom. The molecular formula is C18H26N6S. The van der Waals surface area contributed by atoms with Crippen LogP contribution in [0.3, 0.4) is 0 Å². The first kappa shape index (κ1) is 17.8. The Labute approximate surface area is 153 Å². The number of hydrogen-bond acceptors (Lipinski definition) is 4. The molecule has 0 saturated heterocycles. The third kappa shape index (κ3) is 5.77. The van der Waals surface area contributed by atoms with Gasteiger partial charge in [-0.15, -0.1) is 22.0 Å². The zero-order chi connectivity index (χ0) is 17.4.